The number of hydrogen-bond donors (Lipinski definition) is 1. The molecule has 1 rings (SSSR count). The van der Waals surface area contributed by atoms with E-state index in [1.54, 1.807) is 11.3 Å². The normalized spacial score (nSPS) is 12.5. The number of alkyl halides is 1. The molecule has 84 valence electrons. The molecular weight excluding hydrogens is 276 g/mol. The summed E-state index contributed by atoms with van der Waals surface area (Å²) in [5.41, 5.74) is 1.06. The highest BCUT2D eigenvalue weighted by molar-refractivity contribution is 9.10. The molecule has 1 aromatic heterocycles. The first-order valence-corrected chi connectivity index (χ1v) is 6.75. The van der Waals surface area contributed by atoms with Crippen LogP contribution < -0.4 is 5.32 Å². The summed E-state index contributed by atoms with van der Waals surface area (Å²) in [6.45, 7) is 4.62. The molecule has 0 spiro atoms. The Bertz CT molecular complexity index is 327. The number of carbonyl (C=O) groups excluding carboxylic acids is 1. The van der Waals surface area contributed by atoms with E-state index in [9.17, 15) is 4.79 Å². The predicted octanol–water partition coefficient (Wildman–Crippen LogP) is 2.28. The van der Waals surface area contributed by atoms with E-state index in [0.717, 1.165) is 23.5 Å². The highest BCUT2D eigenvalue weighted by Crippen LogP contribution is 2.08. The molecule has 1 N–H and O–H groups in total. The molecule has 0 aliphatic rings. The predicted molar refractivity (Wildman–Crippen MR) is 66.6 cm³/mol. The summed E-state index contributed by atoms with van der Waals surface area (Å²) in [4.78, 5) is 15.6. The third kappa shape index (κ3) is 4.30. The third-order valence-corrected chi connectivity index (χ3v) is 3.88. The smallest absolute Gasteiger partial charge is 0.233 e. The van der Waals surface area contributed by atoms with Crippen molar-refractivity contribution in [1.29, 1.82) is 0 Å². The zero-order chi connectivity index (χ0) is 11.3. The molecule has 5 heteroatoms. The molecule has 3 nitrogen and oxygen atoms in total. The zero-order valence-corrected chi connectivity index (χ0v) is 11.3. The van der Waals surface area contributed by atoms with Crippen LogP contribution in [0.25, 0.3) is 0 Å². The molecule has 1 heterocycles. The number of aromatic nitrogens is 1. The fraction of sp³-hybridized carbons (Fsp3) is 0.600. The lowest BCUT2D eigenvalue weighted by atomic mass is 10.3. The number of carbonyl (C=O) groups is 1. The van der Waals surface area contributed by atoms with Gasteiger partial charge in [-0.2, -0.15) is 0 Å². The van der Waals surface area contributed by atoms with Crippen LogP contribution in [-0.4, -0.2) is 22.3 Å². The summed E-state index contributed by atoms with van der Waals surface area (Å²) < 4.78 is 0. The summed E-state index contributed by atoms with van der Waals surface area (Å²) >= 11 is 4.95. The molecule has 0 saturated heterocycles. The number of nitrogens with zero attached hydrogens (tertiary/aromatic N) is 1. The van der Waals surface area contributed by atoms with Crippen molar-refractivity contribution < 1.29 is 4.79 Å². The van der Waals surface area contributed by atoms with Crippen LogP contribution in [0.2, 0.25) is 0 Å². The van der Waals surface area contributed by atoms with E-state index in [4.69, 9.17) is 0 Å². The Morgan fingerprint density at radius 2 is 2.47 bits per heavy atom. The third-order valence-electron chi connectivity index (χ3n) is 1.99. The number of rotatable bonds is 5. The molecule has 0 aromatic carbocycles. The van der Waals surface area contributed by atoms with Crippen LogP contribution in [0.4, 0.5) is 0 Å². The van der Waals surface area contributed by atoms with Gasteiger partial charge in [-0.1, -0.05) is 22.9 Å². The number of amides is 1. The lowest BCUT2D eigenvalue weighted by Gasteiger charge is -2.07. The molecule has 15 heavy (non-hydrogen) atoms. The van der Waals surface area contributed by atoms with Crippen molar-refractivity contribution in [3.63, 3.8) is 0 Å². The minimum Gasteiger partial charge on any atom is -0.355 e. The Morgan fingerprint density at radius 1 is 1.73 bits per heavy atom. The average molecular weight is 291 g/mol. The first-order valence-electron chi connectivity index (χ1n) is 4.96. The van der Waals surface area contributed by atoms with Gasteiger partial charge in [0.15, 0.2) is 0 Å². The molecule has 0 aliphatic heterocycles. The summed E-state index contributed by atoms with van der Waals surface area (Å²) in [7, 11) is 0. The maximum absolute atomic E-state index is 11.4. The Balaban J connectivity index is 2.24. The highest BCUT2D eigenvalue weighted by Gasteiger charge is 2.11. The number of thiazole rings is 1. The molecular formula is C10H15BrN2OS. The van der Waals surface area contributed by atoms with Crippen LogP contribution in [0.15, 0.2) is 5.38 Å². The monoisotopic (exact) mass is 290 g/mol. The van der Waals surface area contributed by atoms with Crippen LogP contribution in [-0.2, 0) is 11.2 Å². The fourth-order valence-corrected chi connectivity index (χ4v) is 1.94. The van der Waals surface area contributed by atoms with E-state index >= 15 is 0 Å². The van der Waals surface area contributed by atoms with Crippen molar-refractivity contribution in [3.8, 4) is 0 Å². The first-order chi connectivity index (χ1) is 7.13. The second-order valence-electron chi connectivity index (χ2n) is 3.27. The van der Waals surface area contributed by atoms with Crippen molar-refractivity contribution in [3.05, 3.63) is 16.1 Å². The number of hydrogen-bond acceptors (Lipinski definition) is 3. The van der Waals surface area contributed by atoms with Crippen LogP contribution in [0.3, 0.4) is 0 Å². The molecule has 1 aromatic rings. The Labute approximate surface area is 102 Å². The second-order valence-corrected chi connectivity index (χ2v) is 5.44. The quantitative estimate of drug-likeness (QED) is 0.846. The second kappa shape index (κ2) is 6.23. The van der Waals surface area contributed by atoms with Crippen molar-refractivity contribution in [1.82, 2.24) is 10.3 Å². The van der Waals surface area contributed by atoms with Gasteiger partial charge in [0.1, 0.15) is 0 Å². The number of halogens is 1. The summed E-state index contributed by atoms with van der Waals surface area (Å²) in [5.74, 6) is 0.0597. The van der Waals surface area contributed by atoms with Crippen LogP contribution in [0, 0.1) is 6.92 Å². The topological polar surface area (TPSA) is 42.0 Å². The van der Waals surface area contributed by atoms with E-state index in [2.05, 4.69) is 26.2 Å². The molecule has 0 saturated carbocycles. The molecule has 1 amide bonds. The van der Waals surface area contributed by atoms with Gasteiger partial charge < -0.3 is 5.32 Å². The SMILES string of the molecule is CCC(Br)C(=O)NCCc1csc(C)n1. The van der Waals surface area contributed by atoms with Crippen molar-refractivity contribution in [2.75, 3.05) is 6.54 Å². The fourth-order valence-electron chi connectivity index (χ4n) is 1.13. The van der Waals surface area contributed by atoms with Gasteiger partial charge in [0, 0.05) is 18.3 Å². The molecule has 1 unspecified atom stereocenters. The molecule has 0 radical (unpaired) electrons. The van der Waals surface area contributed by atoms with E-state index in [1.165, 1.54) is 0 Å². The molecule has 0 aliphatic carbocycles. The van der Waals surface area contributed by atoms with E-state index < -0.39 is 0 Å². The van der Waals surface area contributed by atoms with Crippen molar-refractivity contribution >= 4 is 33.2 Å². The van der Waals surface area contributed by atoms with Crippen LogP contribution in [0.5, 0.6) is 0 Å². The van der Waals surface area contributed by atoms with Gasteiger partial charge in [-0.25, -0.2) is 4.98 Å². The summed E-state index contributed by atoms with van der Waals surface area (Å²) in [6.07, 6.45) is 1.61. The van der Waals surface area contributed by atoms with Gasteiger partial charge in [0.25, 0.3) is 0 Å². The summed E-state index contributed by atoms with van der Waals surface area (Å²) in [6, 6.07) is 0. The van der Waals surface area contributed by atoms with Gasteiger partial charge in [-0.05, 0) is 13.3 Å². The zero-order valence-electron chi connectivity index (χ0n) is 8.92. The highest BCUT2D eigenvalue weighted by atomic mass is 79.9. The summed E-state index contributed by atoms with van der Waals surface area (Å²) in [5, 5.41) is 5.98. The maximum Gasteiger partial charge on any atom is 0.233 e. The first kappa shape index (κ1) is 12.6. The lowest BCUT2D eigenvalue weighted by molar-refractivity contribution is -0.120. The minimum atomic E-state index is -0.0744. The van der Waals surface area contributed by atoms with Gasteiger partial charge >= 0.3 is 0 Å². The van der Waals surface area contributed by atoms with Gasteiger partial charge in [0.05, 0.1) is 15.5 Å². The van der Waals surface area contributed by atoms with Crippen LogP contribution in [0.1, 0.15) is 24.0 Å². The van der Waals surface area contributed by atoms with E-state index in [0.29, 0.717) is 6.54 Å². The maximum atomic E-state index is 11.4. The molecule has 0 fully saturated rings. The Morgan fingerprint density at radius 3 is 3.00 bits per heavy atom. The van der Waals surface area contributed by atoms with Gasteiger partial charge in [0.2, 0.25) is 5.91 Å². The van der Waals surface area contributed by atoms with Gasteiger partial charge in [-0.15, -0.1) is 11.3 Å². The number of aryl methyl sites for hydroxylation is 1. The van der Waals surface area contributed by atoms with Gasteiger partial charge in [-0.3, -0.25) is 4.79 Å². The van der Waals surface area contributed by atoms with E-state index in [1.807, 2.05) is 19.2 Å². The van der Waals surface area contributed by atoms with Crippen LogP contribution >= 0.6 is 27.3 Å². The van der Waals surface area contributed by atoms with Crippen molar-refractivity contribution in [2.24, 2.45) is 0 Å². The standard InChI is InChI=1S/C10H15BrN2OS/c1-3-9(11)10(14)12-5-4-8-6-15-7(2)13-8/h6,9H,3-5H2,1-2H3,(H,12,14). The molecule has 0 bridgehead atoms. The van der Waals surface area contributed by atoms with E-state index in [-0.39, 0.29) is 10.7 Å². The minimum absolute atomic E-state index is 0.0597. The lowest BCUT2D eigenvalue weighted by Crippen LogP contribution is -2.32. The average Bonchev–Trinajstić information content (AvgIpc) is 2.63. The Kier molecular flexibility index (Phi) is 5.25. The number of nitrogens with one attached hydrogen (secondary N) is 1. The van der Waals surface area contributed by atoms with Crippen molar-refractivity contribution in [2.45, 2.75) is 31.5 Å². The Hall–Kier alpha value is -0.420. The largest absolute Gasteiger partial charge is 0.355 e. The molecule has 1 atom stereocenters.